The molecule has 2 rings (SSSR count). The predicted octanol–water partition coefficient (Wildman–Crippen LogP) is 3.09. The third-order valence-corrected chi connectivity index (χ3v) is 3.12. The molecule has 0 saturated heterocycles. The summed E-state index contributed by atoms with van der Waals surface area (Å²) in [5.41, 5.74) is 7.94. The molecule has 3 nitrogen and oxygen atoms in total. The topological polar surface area (TPSA) is 47.3 Å². The molecular weight excluding hydrogens is 239 g/mol. The summed E-state index contributed by atoms with van der Waals surface area (Å²) in [6.07, 6.45) is 0. The summed E-state index contributed by atoms with van der Waals surface area (Å²) in [7, 11) is 1.43. The molecule has 17 heavy (non-hydrogen) atoms. The van der Waals surface area contributed by atoms with Crippen LogP contribution in [0.25, 0.3) is 0 Å². The monoisotopic (exact) mass is 252 g/mol. The maximum atomic E-state index is 13.3. The van der Waals surface area contributed by atoms with E-state index in [1.165, 1.54) is 13.2 Å². The molecule has 2 aromatic rings. The minimum absolute atomic E-state index is 0.187. The van der Waals surface area contributed by atoms with Crippen molar-refractivity contribution in [2.75, 3.05) is 18.2 Å². The lowest BCUT2D eigenvalue weighted by Gasteiger charge is -2.11. The fourth-order valence-electron chi connectivity index (χ4n) is 1.47. The van der Waals surface area contributed by atoms with Gasteiger partial charge < -0.3 is 15.8 Å². The number of hydrogen-bond donors (Lipinski definition) is 2. The van der Waals surface area contributed by atoms with Gasteiger partial charge in [0.05, 0.1) is 18.5 Å². The molecule has 90 valence electrons. The first kappa shape index (κ1) is 11.7. The van der Waals surface area contributed by atoms with Crippen molar-refractivity contribution < 1.29 is 9.13 Å². The fraction of sp³-hybridized carbons (Fsp3) is 0.167. The molecule has 0 unspecified atom stereocenters. The van der Waals surface area contributed by atoms with Gasteiger partial charge in [-0.05, 0) is 22.4 Å². The Morgan fingerprint density at radius 1 is 1.47 bits per heavy atom. The van der Waals surface area contributed by atoms with Crippen LogP contribution in [0.2, 0.25) is 0 Å². The van der Waals surface area contributed by atoms with Gasteiger partial charge in [-0.2, -0.15) is 11.3 Å². The lowest BCUT2D eigenvalue weighted by atomic mass is 10.2. The van der Waals surface area contributed by atoms with Crippen LogP contribution in [0.4, 0.5) is 15.8 Å². The number of thiophene rings is 1. The highest BCUT2D eigenvalue weighted by Crippen LogP contribution is 2.28. The molecule has 0 saturated carbocycles. The second-order valence-corrected chi connectivity index (χ2v) is 4.34. The molecule has 0 bridgehead atoms. The first-order valence-electron chi connectivity index (χ1n) is 5.08. The fourth-order valence-corrected chi connectivity index (χ4v) is 2.14. The summed E-state index contributed by atoms with van der Waals surface area (Å²) < 4.78 is 18.2. The van der Waals surface area contributed by atoms with Crippen LogP contribution in [0.5, 0.6) is 5.75 Å². The zero-order chi connectivity index (χ0) is 12.3. The maximum absolute atomic E-state index is 13.3. The minimum Gasteiger partial charge on any atom is -0.494 e. The van der Waals surface area contributed by atoms with Gasteiger partial charge in [0.25, 0.3) is 0 Å². The molecule has 1 heterocycles. The summed E-state index contributed by atoms with van der Waals surface area (Å²) in [4.78, 5) is 0. The Hall–Kier alpha value is -1.75. The Kier molecular flexibility index (Phi) is 3.49. The molecule has 0 amide bonds. The molecule has 0 aliphatic carbocycles. The van der Waals surface area contributed by atoms with Gasteiger partial charge in [-0.3, -0.25) is 0 Å². The van der Waals surface area contributed by atoms with Crippen molar-refractivity contribution in [3.8, 4) is 5.75 Å². The van der Waals surface area contributed by atoms with Gasteiger partial charge >= 0.3 is 0 Å². The summed E-state index contributed by atoms with van der Waals surface area (Å²) in [5.74, 6) is -0.266. The zero-order valence-corrected chi connectivity index (χ0v) is 10.2. The number of rotatable bonds is 4. The number of anilines is 2. The van der Waals surface area contributed by atoms with E-state index in [-0.39, 0.29) is 5.75 Å². The number of hydrogen-bond acceptors (Lipinski definition) is 4. The van der Waals surface area contributed by atoms with E-state index in [0.717, 1.165) is 5.56 Å². The van der Waals surface area contributed by atoms with Crippen LogP contribution in [0.15, 0.2) is 29.0 Å². The number of nitrogens with one attached hydrogen (secondary N) is 1. The van der Waals surface area contributed by atoms with E-state index >= 15 is 0 Å². The summed E-state index contributed by atoms with van der Waals surface area (Å²) in [5, 5.41) is 7.20. The molecular formula is C12H13FN2OS. The van der Waals surface area contributed by atoms with E-state index in [9.17, 15) is 4.39 Å². The van der Waals surface area contributed by atoms with E-state index in [4.69, 9.17) is 10.5 Å². The van der Waals surface area contributed by atoms with Gasteiger partial charge in [-0.25, -0.2) is 4.39 Å². The smallest absolute Gasteiger partial charge is 0.167 e. The highest BCUT2D eigenvalue weighted by atomic mass is 32.1. The zero-order valence-electron chi connectivity index (χ0n) is 9.37. The molecule has 1 aromatic heterocycles. The highest BCUT2D eigenvalue weighted by Gasteiger charge is 2.08. The molecule has 0 fully saturated rings. The van der Waals surface area contributed by atoms with Gasteiger partial charge in [0.1, 0.15) is 0 Å². The van der Waals surface area contributed by atoms with Gasteiger partial charge in [-0.15, -0.1) is 0 Å². The number of nitrogens with two attached hydrogens (primary N) is 1. The Bertz CT molecular complexity index is 499. The lowest BCUT2D eigenvalue weighted by Crippen LogP contribution is -2.03. The number of halogens is 1. The lowest BCUT2D eigenvalue weighted by molar-refractivity contribution is 0.387. The van der Waals surface area contributed by atoms with Crippen LogP contribution < -0.4 is 15.8 Å². The third kappa shape index (κ3) is 2.68. The average Bonchev–Trinajstić information content (AvgIpc) is 2.81. The van der Waals surface area contributed by atoms with E-state index < -0.39 is 5.82 Å². The number of benzene rings is 1. The van der Waals surface area contributed by atoms with Gasteiger partial charge in [-0.1, -0.05) is 0 Å². The van der Waals surface area contributed by atoms with Crippen LogP contribution >= 0.6 is 11.3 Å². The van der Waals surface area contributed by atoms with Crippen molar-refractivity contribution in [3.05, 3.63) is 40.3 Å². The van der Waals surface area contributed by atoms with Crippen molar-refractivity contribution in [2.45, 2.75) is 6.54 Å². The SMILES string of the molecule is COc1cc(NCc2ccsc2)c(N)cc1F. The summed E-state index contributed by atoms with van der Waals surface area (Å²) >= 11 is 1.63. The predicted molar refractivity (Wildman–Crippen MR) is 69.0 cm³/mol. The first-order valence-corrected chi connectivity index (χ1v) is 6.03. The minimum atomic E-state index is -0.453. The standard InChI is InChI=1S/C12H13FN2OS/c1-16-12-5-11(10(14)4-9(12)13)15-6-8-2-3-17-7-8/h2-5,7,15H,6,14H2,1H3. The average molecular weight is 252 g/mol. The second kappa shape index (κ2) is 5.05. The molecule has 0 spiro atoms. The molecule has 0 atom stereocenters. The number of ether oxygens (including phenoxy) is 1. The van der Waals surface area contributed by atoms with Crippen molar-refractivity contribution in [3.63, 3.8) is 0 Å². The van der Waals surface area contributed by atoms with Crippen LogP contribution in [-0.2, 0) is 6.54 Å². The highest BCUT2D eigenvalue weighted by molar-refractivity contribution is 7.07. The van der Waals surface area contributed by atoms with Crippen molar-refractivity contribution in [1.82, 2.24) is 0 Å². The first-order chi connectivity index (χ1) is 8.20. The third-order valence-electron chi connectivity index (χ3n) is 2.39. The van der Waals surface area contributed by atoms with Crippen LogP contribution in [0.3, 0.4) is 0 Å². The molecule has 5 heteroatoms. The van der Waals surface area contributed by atoms with Crippen molar-refractivity contribution >= 4 is 22.7 Å². The number of methoxy groups -OCH3 is 1. The van der Waals surface area contributed by atoms with E-state index in [1.807, 2.05) is 16.8 Å². The summed E-state index contributed by atoms with van der Waals surface area (Å²) in [6.45, 7) is 0.655. The summed E-state index contributed by atoms with van der Waals surface area (Å²) in [6, 6.07) is 4.85. The number of nitrogen functional groups attached to an aromatic ring is 1. The van der Waals surface area contributed by atoms with Crippen LogP contribution in [0, 0.1) is 5.82 Å². The van der Waals surface area contributed by atoms with Gasteiger partial charge in [0.2, 0.25) is 0 Å². The second-order valence-electron chi connectivity index (χ2n) is 3.56. The van der Waals surface area contributed by atoms with Crippen LogP contribution in [-0.4, -0.2) is 7.11 Å². The Morgan fingerprint density at radius 2 is 2.29 bits per heavy atom. The van der Waals surface area contributed by atoms with Gasteiger partial charge in [0.15, 0.2) is 11.6 Å². The molecule has 3 N–H and O–H groups in total. The van der Waals surface area contributed by atoms with Crippen molar-refractivity contribution in [2.24, 2.45) is 0 Å². The quantitative estimate of drug-likeness (QED) is 0.822. The van der Waals surface area contributed by atoms with Gasteiger partial charge in [0, 0.05) is 18.7 Å². The molecule has 0 aliphatic heterocycles. The Morgan fingerprint density at radius 3 is 2.94 bits per heavy atom. The molecule has 0 radical (unpaired) electrons. The Labute approximate surface area is 103 Å². The van der Waals surface area contributed by atoms with E-state index in [1.54, 1.807) is 17.4 Å². The van der Waals surface area contributed by atoms with E-state index in [2.05, 4.69) is 5.32 Å². The molecule has 0 aliphatic rings. The van der Waals surface area contributed by atoms with Crippen molar-refractivity contribution in [1.29, 1.82) is 0 Å². The normalized spacial score (nSPS) is 10.2. The Balaban J connectivity index is 2.15. The maximum Gasteiger partial charge on any atom is 0.167 e. The molecule has 1 aromatic carbocycles. The van der Waals surface area contributed by atoms with Crippen LogP contribution in [0.1, 0.15) is 5.56 Å². The van der Waals surface area contributed by atoms with E-state index in [0.29, 0.717) is 17.9 Å². The largest absolute Gasteiger partial charge is 0.494 e.